The van der Waals surface area contributed by atoms with Crippen LogP contribution in [0.15, 0.2) is 102 Å². The number of carbonyl (C=O) groups excluding carboxylic acids is 1. The van der Waals surface area contributed by atoms with E-state index >= 15 is 0 Å². The molecular formula is C30H26FNO6S. The van der Waals surface area contributed by atoms with Gasteiger partial charge in [0.15, 0.2) is 0 Å². The van der Waals surface area contributed by atoms with E-state index in [9.17, 15) is 32.4 Å². The van der Waals surface area contributed by atoms with E-state index in [-0.39, 0.29) is 28.5 Å². The van der Waals surface area contributed by atoms with Crippen molar-refractivity contribution in [3.8, 4) is 16.9 Å². The Morgan fingerprint density at radius 3 is 2.31 bits per heavy atom. The summed E-state index contributed by atoms with van der Waals surface area (Å²) < 4.78 is 46.7. The SMILES string of the molecule is O=C1C(CCC(O)c2ccccc2F)C(c2ccc(-c3cccc(S(=O)(=O)O)c3)c(O)c2)N1c1ccccc1. The molecule has 1 saturated heterocycles. The molecule has 0 spiro atoms. The molecular weight excluding hydrogens is 521 g/mol. The molecule has 1 aliphatic heterocycles. The molecule has 1 heterocycles. The Labute approximate surface area is 225 Å². The Kier molecular flexibility index (Phi) is 7.22. The third-order valence-corrected chi connectivity index (χ3v) is 7.92. The highest BCUT2D eigenvalue weighted by Gasteiger charge is 2.48. The first-order chi connectivity index (χ1) is 18.6. The van der Waals surface area contributed by atoms with Crippen molar-refractivity contribution in [1.29, 1.82) is 0 Å². The average Bonchev–Trinajstić information content (AvgIpc) is 2.92. The van der Waals surface area contributed by atoms with Gasteiger partial charge in [-0.2, -0.15) is 8.42 Å². The molecule has 1 amide bonds. The summed E-state index contributed by atoms with van der Waals surface area (Å²) >= 11 is 0. The van der Waals surface area contributed by atoms with Crippen LogP contribution in [0, 0.1) is 11.7 Å². The highest BCUT2D eigenvalue weighted by molar-refractivity contribution is 7.85. The lowest BCUT2D eigenvalue weighted by atomic mass is 9.78. The maximum atomic E-state index is 14.2. The highest BCUT2D eigenvalue weighted by atomic mass is 32.2. The van der Waals surface area contributed by atoms with Crippen molar-refractivity contribution in [1.82, 2.24) is 0 Å². The van der Waals surface area contributed by atoms with E-state index in [0.29, 0.717) is 28.8 Å². The predicted molar refractivity (Wildman–Crippen MR) is 144 cm³/mol. The number of aliphatic hydroxyl groups is 1. The number of aromatic hydroxyl groups is 1. The van der Waals surface area contributed by atoms with Gasteiger partial charge in [-0.3, -0.25) is 9.35 Å². The van der Waals surface area contributed by atoms with Crippen LogP contribution < -0.4 is 4.90 Å². The molecule has 200 valence electrons. The number of phenols is 1. The standard InChI is InChI=1S/C30H26FNO6S/c31-26-12-5-4-11-24(26)27(33)16-15-25-29(32(30(25)35)21-8-2-1-3-9-21)20-13-14-23(28(34)18-20)19-7-6-10-22(17-19)39(36,37)38/h1-14,17-18,25,27,29,33-34H,15-16H2,(H,36,37,38). The number of carbonyl (C=O) groups is 1. The molecule has 0 aliphatic carbocycles. The number of nitrogens with zero attached hydrogens (tertiary/aromatic N) is 1. The number of halogens is 1. The first-order valence-corrected chi connectivity index (χ1v) is 13.8. The van der Waals surface area contributed by atoms with E-state index < -0.39 is 34.0 Å². The molecule has 3 unspecified atom stereocenters. The van der Waals surface area contributed by atoms with Crippen LogP contribution >= 0.6 is 0 Å². The number of para-hydroxylation sites is 1. The van der Waals surface area contributed by atoms with E-state index in [1.54, 1.807) is 35.2 Å². The van der Waals surface area contributed by atoms with Crippen LogP contribution in [0.1, 0.15) is 36.1 Å². The van der Waals surface area contributed by atoms with Crippen LogP contribution in [0.4, 0.5) is 10.1 Å². The summed E-state index contributed by atoms with van der Waals surface area (Å²) in [5.41, 5.74) is 2.25. The zero-order valence-electron chi connectivity index (χ0n) is 20.7. The van der Waals surface area contributed by atoms with Gasteiger partial charge in [0.2, 0.25) is 5.91 Å². The number of hydrogen-bond acceptors (Lipinski definition) is 5. The van der Waals surface area contributed by atoms with Gasteiger partial charge >= 0.3 is 0 Å². The van der Waals surface area contributed by atoms with Gasteiger partial charge in [0, 0.05) is 16.8 Å². The summed E-state index contributed by atoms with van der Waals surface area (Å²) in [7, 11) is -4.42. The summed E-state index contributed by atoms with van der Waals surface area (Å²) in [6, 6.07) is 25.1. The number of amides is 1. The van der Waals surface area contributed by atoms with Gasteiger partial charge in [-0.25, -0.2) is 4.39 Å². The highest BCUT2D eigenvalue weighted by Crippen LogP contribution is 2.47. The van der Waals surface area contributed by atoms with Gasteiger partial charge in [-0.15, -0.1) is 0 Å². The molecule has 0 radical (unpaired) electrons. The molecule has 3 N–H and O–H groups in total. The largest absolute Gasteiger partial charge is 0.507 e. The zero-order chi connectivity index (χ0) is 27.7. The second kappa shape index (κ2) is 10.6. The Hall–Kier alpha value is -4.05. The van der Waals surface area contributed by atoms with Crippen molar-refractivity contribution in [2.75, 3.05) is 4.90 Å². The molecule has 1 fully saturated rings. The molecule has 0 saturated carbocycles. The summed E-state index contributed by atoms with van der Waals surface area (Å²) in [6.07, 6.45) is -0.610. The van der Waals surface area contributed by atoms with Crippen LogP contribution in [-0.2, 0) is 14.9 Å². The van der Waals surface area contributed by atoms with Crippen LogP contribution in [0.25, 0.3) is 11.1 Å². The average molecular weight is 548 g/mol. The Bertz CT molecular complexity index is 1630. The van der Waals surface area contributed by atoms with E-state index in [1.165, 1.54) is 36.4 Å². The summed E-state index contributed by atoms with van der Waals surface area (Å²) in [5, 5.41) is 21.5. The molecule has 4 aromatic carbocycles. The Morgan fingerprint density at radius 2 is 1.62 bits per heavy atom. The quantitative estimate of drug-likeness (QED) is 0.194. The molecule has 4 aromatic rings. The van der Waals surface area contributed by atoms with E-state index in [1.807, 2.05) is 30.3 Å². The van der Waals surface area contributed by atoms with Crippen molar-refractivity contribution in [2.24, 2.45) is 5.92 Å². The third-order valence-electron chi connectivity index (χ3n) is 7.07. The predicted octanol–water partition coefficient (Wildman–Crippen LogP) is 5.66. The second-order valence-corrected chi connectivity index (χ2v) is 10.9. The lowest BCUT2D eigenvalue weighted by molar-refractivity contribution is -0.131. The smallest absolute Gasteiger partial charge is 0.294 e. The molecule has 3 atom stereocenters. The number of hydrogen-bond donors (Lipinski definition) is 3. The fourth-order valence-electron chi connectivity index (χ4n) is 5.13. The second-order valence-electron chi connectivity index (χ2n) is 9.49. The van der Waals surface area contributed by atoms with Crippen molar-refractivity contribution in [3.63, 3.8) is 0 Å². The minimum Gasteiger partial charge on any atom is -0.507 e. The van der Waals surface area contributed by atoms with E-state index in [4.69, 9.17) is 0 Å². The number of anilines is 1. The van der Waals surface area contributed by atoms with Crippen molar-refractivity contribution in [3.05, 3.63) is 114 Å². The zero-order valence-corrected chi connectivity index (χ0v) is 21.5. The van der Waals surface area contributed by atoms with Gasteiger partial charge in [0.05, 0.1) is 23.0 Å². The van der Waals surface area contributed by atoms with Crippen LogP contribution in [-0.4, -0.2) is 29.1 Å². The van der Waals surface area contributed by atoms with Crippen molar-refractivity contribution in [2.45, 2.75) is 29.9 Å². The first-order valence-electron chi connectivity index (χ1n) is 12.4. The number of rotatable bonds is 8. The fraction of sp³-hybridized carbons (Fsp3) is 0.167. The number of benzene rings is 4. The molecule has 0 bridgehead atoms. The lowest BCUT2D eigenvalue weighted by Crippen LogP contribution is -2.55. The number of phenolic OH excluding ortho intramolecular Hbond substituents is 1. The lowest BCUT2D eigenvalue weighted by Gasteiger charge is -2.48. The number of β-lactam (4-membered cyclic amide) rings is 1. The minimum atomic E-state index is -4.42. The molecule has 1 aliphatic rings. The van der Waals surface area contributed by atoms with Crippen molar-refractivity contribution < 1.29 is 32.4 Å². The van der Waals surface area contributed by atoms with Crippen LogP contribution in [0.2, 0.25) is 0 Å². The Morgan fingerprint density at radius 1 is 0.897 bits per heavy atom. The third kappa shape index (κ3) is 5.29. The van der Waals surface area contributed by atoms with Gasteiger partial charge in [-0.05, 0) is 60.4 Å². The fourth-order valence-corrected chi connectivity index (χ4v) is 5.65. The summed E-state index contributed by atoms with van der Waals surface area (Å²) in [6.45, 7) is 0. The Balaban J connectivity index is 1.45. The maximum absolute atomic E-state index is 14.2. The normalized spacial score (nSPS) is 18.0. The van der Waals surface area contributed by atoms with Gasteiger partial charge < -0.3 is 15.1 Å². The molecule has 7 nitrogen and oxygen atoms in total. The molecule has 39 heavy (non-hydrogen) atoms. The molecule has 0 aromatic heterocycles. The summed E-state index contributed by atoms with van der Waals surface area (Å²) in [5.74, 6) is -1.29. The van der Waals surface area contributed by atoms with Crippen LogP contribution in [0.5, 0.6) is 5.75 Å². The molecule has 5 rings (SSSR count). The monoisotopic (exact) mass is 547 g/mol. The first kappa shape index (κ1) is 26.6. The number of aliphatic hydroxyl groups excluding tert-OH is 1. The van der Waals surface area contributed by atoms with E-state index in [0.717, 1.165) is 0 Å². The van der Waals surface area contributed by atoms with Gasteiger partial charge in [0.1, 0.15) is 11.6 Å². The summed E-state index contributed by atoms with van der Waals surface area (Å²) in [4.78, 5) is 14.6. The maximum Gasteiger partial charge on any atom is 0.294 e. The molecule has 9 heteroatoms. The van der Waals surface area contributed by atoms with Crippen molar-refractivity contribution >= 4 is 21.7 Å². The van der Waals surface area contributed by atoms with E-state index in [2.05, 4.69) is 0 Å². The topological polar surface area (TPSA) is 115 Å². The van der Waals surface area contributed by atoms with Gasteiger partial charge in [-0.1, -0.05) is 60.7 Å². The van der Waals surface area contributed by atoms with Crippen LogP contribution in [0.3, 0.4) is 0 Å². The minimum absolute atomic E-state index is 0.127. The van der Waals surface area contributed by atoms with Gasteiger partial charge in [0.25, 0.3) is 10.1 Å².